The van der Waals surface area contributed by atoms with Crippen molar-refractivity contribution in [2.45, 2.75) is 0 Å². The van der Waals surface area contributed by atoms with Crippen molar-refractivity contribution in [1.29, 1.82) is 0 Å². The summed E-state index contributed by atoms with van der Waals surface area (Å²) < 4.78 is 6.50. The Balaban J connectivity index is 1.59. The molecule has 2 nitrogen and oxygen atoms in total. The topological polar surface area (TPSA) is 26.0 Å². The van der Waals surface area contributed by atoms with Crippen LogP contribution in [0.5, 0.6) is 0 Å². The van der Waals surface area contributed by atoms with E-state index >= 15 is 0 Å². The Morgan fingerprint density at radius 1 is 0.655 bits per heavy atom. The molecular formula is C27H15NO. The van der Waals surface area contributed by atoms with Gasteiger partial charge in [0.1, 0.15) is 11.3 Å². The van der Waals surface area contributed by atoms with Crippen molar-refractivity contribution in [1.82, 2.24) is 4.98 Å². The van der Waals surface area contributed by atoms with E-state index in [4.69, 9.17) is 9.40 Å². The zero-order chi connectivity index (χ0) is 18.9. The van der Waals surface area contributed by atoms with Crippen LogP contribution in [0, 0.1) is 0 Å². The summed E-state index contributed by atoms with van der Waals surface area (Å²) in [5.41, 5.74) is 6.20. The van der Waals surface area contributed by atoms with Crippen LogP contribution in [0.2, 0.25) is 0 Å². The SMILES string of the molecule is C1=Cc2c3oc4c(-c5ccc6ccccc6c5)nccc4c3cc3cccc1c23. The van der Waals surface area contributed by atoms with Crippen molar-refractivity contribution >= 4 is 55.6 Å². The van der Waals surface area contributed by atoms with Gasteiger partial charge in [-0.15, -0.1) is 0 Å². The lowest BCUT2D eigenvalue weighted by atomic mass is 10.00. The monoisotopic (exact) mass is 369 g/mol. The summed E-state index contributed by atoms with van der Waals surface area (Å²) in [5, 5.41) is 7.22. The molecule has 29 heavy (non-hydrogen) atoms. The predicted octanol–water partition coefficient (Wildman–Crippen LogP) is 7.44. The summed E-state index contributed by atoms with van der Waals surface area (Å²) in [7, 11) is 0. The van der Waals surface area contributed by atoms with Crippen LogP contribution in [0.1, 0.15) is 11.1 Å². The molecule has 0 saturated carbocycles. The molecule has 0 radical (unpaired) electrons. The van der Waals surface area contributed by atoms with E-state index in [-0.39, 0.29) is 0 Å². The fourth-order valence-corrected chi connectivity index (χ4v) is 4.69. The van der Waals surface area contributed by atoms with Gasteiger partial charge >= 0.3 is 0 Å². The lowest BCUT2D eigenvalue weighted by Crippen LogP contribution is -1.84. The molecule has 0 unspecified atom stereocenters. The minimum absolute atomic E-state index is 0.853. The maximum atomic E-state index is 6.50. The molecule has 0 atom stereocenters. The lowest BCUT2D eigenvalue weighted by molar-refractivity contribution is 0.668. The van der Waals surface area contributed by atoms with E-state index in [0.717, 1.165) is 33.2 Å². The van der Waals surface area contributed by atoms with Crippen LogP contribution in [-0.2, 0) is 0 Å². The van der Waals surface area contributed by atoms with Gasteiger partial charge in [-0.25, -0.2) is 0 Å². The second-order valence-electron chi connectivity index (χ2n) is 7.65. The van der Waals surface area contributed by atoms with Gasteiger partial charge in [0.05, 0.1) is 0 Å². The van der Waals surface area contributed by atoms with Gasteiger partial charge in [0.15, 0.2) is 5.58 Å². The Bertz CT molecular complexity index is 1650. The summed E-state index contributed by atoms with van der Waals surface area (Å²) >= 11 is 0. The molecule has 2 heterocycles. The van der Waals surface area contributed by atoms with E-state index in [9.17, 15) is 0 Å². The Morgan fingerprint density at radius 3 is 2.52 bits per heavy atom. The number of aromatic nitrogens is 1. The van der Waals surface area contributed by atoms with Crippen molar-refractivity contribution in [3.05, 3.63) is 90.1 Å². The summed E-state index contributed by atoms with van der Waals surface area (Å²) in [4.78, 5) is 4.71. The van der Waals surface area contributed by atoms with E-state index in [1.165, 1.54) is 32.7 Å². The minimum Gasteiger partial charge on any atom is -0.453 e. The summed E-state index contributed by atoms with van der Waals surface area (Å²) in [6, 6.07) is 25.6. The maximum Gasteiger partial charge on any atom is 0.161 e. The van der Waals surface area contributed by atoms with Crippen LogP contribution in [-0.4, -0.2) is 4.98 Å². The van der Waals surface area contributed by atoms with Crippen molar-refractivity contribution in [2.75, 3.05) is 0 Å². The first-order chi connectivity index (χ1) is 14.4. The third-order valence-corrected chi connectivity index (χ3v) is 6.04. The van der Waals surface area contributed by atoms with Crippen LogP contribution < -0.4 is 0 Å². The maximum absolute atomic E-state index is 6.50. The van der Waals surface area contributed by atoms with Gasteiger partial charge in [0.25, 0.3) is 0 Å². The van der Waals surface area contributed by atoms with Gasteiger partial charge in [-0.3, -0.25) is 4.98 Å². The van der Waals surface area contributed by atoms with Crippen LogP contribution in [0.15, 0.2) is 83.4 Å². The number of benzene rings is 4. The Hall–Kier alpha value is -3.91. The molecule has 1 aliphatic rings. The van der Waals surface area contributed by atoms with E-state index < -0.39 is 0 Å². The van der Waals surface area contributed by atoms with Gasteiger partial charge in [0.2, 0.25) is 0 Å². The molecule has 0 saturated heterocycles. The first-order valence-electron chi connectivity index (χ1n) is 9.81. The second-order valence-corrected chi connectivity index (χ2v) is 7.65. The molecule has 4 aromatic carbocycles. The molecule has 0 aliphatic heterocycles. The number of furan rings is 1. The quantitative estimate of drug-likeness (QED) is 0.300. The van der Waals surface area contributed by atoms with Crippen LogP contribution in [0.3, 0.4) is 0 Å². The fourth-order valence-electron chi connectivity index (χ4n) is 4.69. The number of nitrogens with zero attached hydrogens (tertiary/aromatic N) is 1. The number of hydrogen-bond donors (Lipinski definition) is 0. The first-order valence-corrected chi connectivity index (χ1v) is 9.81. The summed E-state index contributed by atoms with van der Waals surface area (Å²) in [5.74, 6) is 0. The third kappa shape index (κ3) is 1.98. The van der Waals surface area contributed by atoms with Gasteiger partial charge in [0, 0.05) is 28.1 Å². The van der Waals surface area contributed by atoms with Crippen molar-refractivity contribution in [2.24, 2.45) is 0 Å². The van der Waals surface area contributed by atoms with Crippen molar-refractivity contribution in [3.63, 3.8) is 0 Å². The normalized spacial score (nSPS) is 12.7. The van der Waals surface area contributed by atoms with Gasteiger partial charge in [-0.2, -0.15) is 0 Å². The largest absolute Gasteiger partial charge is 0.453 e. The van der Waals surface area contributed by atoms with Crippen molar-refractivity contribution < 1.29 is 4.42 Å². The van der Waals surface area contributed by atoms with Gasteiger partial charge in [-0.1, -0.05) is 60.7 Å². The first kappa shape index (κ1) is 15.1. The van der Waals surface area contributed by atoms with Crippen LogP contribution in [0.4, 0.5) is 0 Å². The average Bonchev–Trinajstić information content (AvgIpc) is 3.37. The summed E-state index contributed by atoms with van der Waals surface area (Å²) in [6.45, 7) is 0. The molecule has 134 valence electrons. The average molecular weight is 369 g/mol. The standard InChI is InChI=1S/C27H15NO/c1-2-5-18-14-20(9-8-16(18)4-1)25-27-21(12-13-28-25)23-15-19-7-3-6-17-10-11-22(24(17)19)26(23)29-27/h1-15H. The molecular weight excluding hydrogens is 354 g/mol. The number of fused-ring (bicyclic) bond motifs is 5. The molecule has 1 aliphatic carbocycles. The highest BCUT2D eigenvalue weighted by Crippen LogP contribution is 2.42. The van der Waals surface area contributed by atoms with E-state index in [1.54, 1.807) is 0 Å². The molecule has 2 heteroatoms. The van der Waals surface area contributed by atoms with Crippen LogP contribution >= 0.6 is 0 Å². The predicted molar refractivity (Wildman–Crippen MR) is 121 cm³/mol. The molecule has 7 rings (SSSR count). The molecule has 6 aromatic rings. The van der Waals surface area contributed by atoms with E-state index in [0.29, 0.717) is 0 Å². The minimum atomic E-state index is 0.853. The number of pyridine rings is 1. The molecule has 0 fully saturated rings. The molecule has 0 bridgehead atoms. The Labute approximate surface area is 166 Å². The third-order valence-electron chi connectivity index (χ3n) is 6.04. The zero-order valence-electron chi connectivity index (χ0n) is 15.5. The van der Waals surface area contributed by atoms with Gasteiger partial charge < -0.3 is 4.42 Å². The van der Waals surface area contributed by atoms with E-state index in [2.05, 4.69) is 84.9 Å². The Morgan fingerprint density at radius 2 is 1.55 bits per heavy atom. The highest BCUT2D eigenvalue weighted by molar-refractivity contribution is 6.20. The fraction of sp³-hybridized carbons (Fsp3) is 0. The highest BCUT2D eigenvalue weighted by atomic mass is 16.3. The lowest BCUT2D eigenvalue weighted by Gasteiger charge is -2.04. The zero-order valence-corrected chi connectivity index (χ0v) is 15.5. The molecule has 0 spiro atoms. The molecule has 2 aromatic heterocycles. The summed E-state index contributed by atoms with van der Waals surface area (Å²) in [6.07, 6.45) is 6.23. The second kappa shape index (κ2) is 5.33. The number of hydrogen-bond acceptors (Lipinski definition) is 2. The molecule has 0 N–H and O–H groups in total. The Kier molecular flexibility index (Phi) is 2.77. The number of rotatable bonds is 1. The van der Waals surface area contributed by atoms with Crippen molar-refractivity contribution in [3.8, 4) is 11.3 Å². The molecule has 0 amide bonds. The van der Waals surface area contributed by atoms with E-state index in [1.807, 2.05) is 6.20 Å². The highest BCUT2D eigenvalue weighted by Gasteiger charge is 2.20. The van der Waals surface area contributed by atoms with Gasteiger partial charge in [-0.05, 0) is 51.4 Å². The van der Waals surface area contributed by atoms with Crippen LogP contribution in [0.25, 0.3) is 66.9 Å². The smallest absolute Gasteiger partial charge is 0.161 e.